The van der Waals surface area contributed by atoms with Crippen molar-refractivity contribution in [2.75, 3.05) is 10.8 Å². The predicted octanol–water partition coefficient (Wildman–Crippen LogP) is 5.85. The van der Waals surface area contributed by atoms with Gasteiger partial charge in [-0.3, -0.25) is 13.9 Å². The third-order valence-electron chi connectivity index (χ3n) is 7.36. The van der Waals surface area contributed by atoms with Crippen molar-refractivity contribution in [3.8, 4) is 0 Å². The zero-order valence-electron chi connectivity index (χ0n) is 23.2. The van der Waals surface area contributed by atoms with Gasteiger partial charge in [0.25, 0.3) is 10.0 Å². The van der Waals surface area contributed by atoms with Gasteiger partial charge in [0.15, 0.2) is 0 Å². The minimum absolute atomic E-state index is 0.0460. The van der Waals surface area contributed by atoms with Gasteiger partial charge in [-0.05, 0) is 80.8 Å². The van der Waals surface area contributed by atoms with E-state index in [1.165, 1.54) is 17.0 Å². The van der Waals surface area contributed by atoms with Crippen molar-refractivity contribution in [2.45, 2.75) is 69.5 Å². The number of amides is 2. The number of carbonyl (C=O) groups is 2. The Morgan fingerprint density at radius 1 is 1.00 bits per heavy atom. The summed E-state index contributed by atoms with van der Waals surface area (Å²) in [6.07, 6.45) is 4.99. The Hall–Kier alpha value is -3.43. The van der Waals surface area contributed by atoms with Crippen LogP contribution in [-0.2, 0) is 26.2 Å². The average Bonchev–Trinajstić information content (AvgIpc) is 2.95. The van der Waals surface area contributed by atoms with Crippen LogP contribution in [0.3, 0.4) is 0 Å². The van der Waals surface area contributed by atoms with Crippen LogP contribution in [0.25, 0.3) is 0 Å². The molecule has 1 atom stereocenters. The summed E-state index contributed by atoms with van der Waals surface area (Å²) in [5, 5.41) is 3.56. The predicted molar refractivity (Wildman–Crippen MR) is 159 cm³/mol. The van der Waals surface area contributed by atoms with E-state index in [9.17, 15) is 22.4 Å². The molecule has 7 nitrogen and oxygen atoms in total. The summed E-state index contributed by atoms with van der Waals surface area (Å²) >= 11 is 6.20. The summed E-state index contributed by atoms with van der Waals surface area (Å²) in [6.45, 7) is 3.00. The molecular weight excluding hydrogens is 565 g/mol. The maximum Gasteiger partial charge on any atom is 0.264 e. The summed E-state index contributed by atoms with van der Waals surface area (Å²) in [4.78, 5) is 28.6. The molecule has 0 spiro atoms. The van der Waals surface area contributed by atoms with E-state index >= 15 is 0 Å². The quantitative estimate of drug-likeness (QED) is 0.317. The number of sulfonamides is 1. The fourth-order valence-corrected chi connectivity index (χ4v) is 6.58. The van der Waals surface area contributed by atoms with Gasteiger partial charge in [0.2, 0.25) is 11.8 Å². The minimum atomic E-state index is -4.26. The number of nitrogens with zero attached hydrogens (tertiary/aromatic N) is 2. The molecule has 0 heterocycles. The molecule has 1 aliphatic carbocycles. The largest absolute Gasteiger partial charge is 0.352 e. The van der Waals surface area contributed by atoms with Gasteiger partial charge >= 0.3 is 0 Å². The summed E-state index contributed by atoms with van der Waals surface area (Å²) in [5.74, 6) is -1.44. The van der Waals surface area contributed by atoms with E-state index in [0.717, 1.165) is 54.1 Å². The maximum atomic E-state index is 14.0. The molecule has 0 unspecified atom stereocenters. The van der Waals surface area contributed by atoms with Crippen LogP contribution in [-0.4, -0.2) is 43.8 Å². The maximum absolute atomic E-state index is 14.0. The Balaban J connectivity index is 1.67. The van der Waals surface area contributed by atoms with E-state index in [0.29, 0.717) is 10.6 Å². The Labute approximate surface area is 246 Å². The number of hydrogen-bond acceptors (Lipinski definition) is 4. The highest BCUT2D eigenvalue weighted by Gasteiger charge is 2.33. The van der Waals surface area contributed by atoms with Crippen molar-refractivity contribution in [2.24, 2.45) is 0 Å². The van der Waals surface area contributed by atoms with Crippen molar-refractivity contribution in [3.63, 3.8) is 0 Å². The highest BCUT2D eigenvalue weighted by molar-refractivity contribution is 7.92. The number of rotatable bonds is 10. The first kappa shape index (κ1) is 30.5. The Bertz CT molecular complexity index is 1460. The molecule has 0 saturated heterocycles. The molecule has 41 heavy (non-hydrogen) atoms. The number of anilines is 1. The van der Waals surface area contributed by atoms with Crippen LogP contribution in [0.4, 0.5) is 10.1 Å². The topological polar surface area (TPSA) is 86.8 Å². The third-order valence-corrected chi connectivity index (χ3v) is 9.39. The van der Waals surface area contributed by atoms with Crippen LogP contribution in [0.1, 0.15) is 50.2 Å². The average molecular weight is 600 g/mol. The molecule has 1 aliphatic rings. The molecule has 0 aliphatic heterocycles. The Morgan fingerprint density at radius 3 is 2.29 bits per heavy atom. The van der Waals surface area contributed by atoms with Crippen molar-refractivity contribution in [3.05, 3.63) is 94.8 Å². The van der Waals surface area contributed by atoms with Crippen molar-refractivity contribution in [1.29, 1.82) is 0 Å². The number of halogens is 2. The number of nitrogens with one attached hydrogen (secondary N) is 1. The van der Waals surface area contributed by atoms with Gasteiger partial charge in [0.05, 0.1) is 10.6 Å². The lowest BCUT2D eigenvalue weighted by Crippen LogP contribution is -2.53. The van der Waals surface area contributed by atoms with Crippen LogP contribution < -0.4 is 9.62 Å². The molecule has 4 rings (SSSR count). The molecule has 2 amide bonds. The van der Waals surface area contributed by atoms with E-state index in [2.05, 4.69) is 5.32 Å². The molecule has 0 bridgehead atoms. The minimum Gasteiger partial charge on any atom is -0.352 e. The van der Waals surface area contributed by atoms with Gasteiger partial charge < -0.3 is 10.2 Å². The molecule has 3 aromatic carbocycles. The van der Waals surface area contributed by atoms with Gasteiger partial charge in [-0.2, -0.15) is 0 Å². The van der Waals surface area contributed by atoms with E-state index in [1.54, 1.807) is 55.5 Å². The fourth-order valence-electron chi connectivity index (χ4n) is 4.96. The monoisotopic (exact) mass is 599 g/mol. The van der Waals surface area contributed by atoms with Crippen LogP contribution in [0.15, 0.2) is 77.7 Å². The molecule has 1 fully saturated rings. The van der Waals surface area contributed by atoms with Crippen LogP contribution in [0.5, 0.6) is 0 Å². The lowest BCUT2D eigenvalue weighted by molar-refractivity contribution is -0.139. The first-order valence-corrected chi connectivity index (χ1v) is 15.6. The standard InChI is InChI=1S/C31H35ClFN3O4S/c1-22-11-15-28(16-12-22)36(41(39,40)29-17-13-26(33)14-18-29)21-30(37)35(20-24-7-6-8-25(32)19-24)23(2)31(38)34-27-9-4-3-5-10-27/h6-8,11-19,23,27H,3-5,9-10,20-21H2,1-2H3,(H,34,38)/t23-/m1/s1. The van der Waals surface area contributed by atoms with E-state index in [-0.39, 0.29) is 29.1 Å². The normalized spacial score (nSPS) is 14.7. The molecule has 1 saturated carbocycles. The highest BCUT2D eigenvalue weighted by Crippen LogP contribution is 2.26. The molecule has 0 radical (unpaired) electrons. The van der Waals surface area contributed by atoms with Crippen LogP contribution >= 0.6 is 11.6 Å². The molecule has 0 aromatic heterocycles. The summed E-state index contributed by atoms with van der Waals surface area (Å²) in [7, 11) is -4.26. The summed E-state index contributed by atoms with van der Waals surface area (Å²) in [6, 6.07) is 17.3. The molecule has 1 N–H and O–H groups in total. The molecule has 218 valence electrons. The van der Waals surface area contributed by atoms with Gasteiger partial charge in [-0.15, -0.1) is 0 Å². The second kappa shape index (κ2) is 13.5. The van der Waals surface area contributed by atoms with Crippen LogP contribution in [0, 0.1) is 12.7 Å². The van der Waals surface area contributed by atoms with Crippen molar-refractivity contribution < 1.29 is 22.4 Å². The van der Waals surface area contributed by atoms with E-state index in [1.807, 2.05) is 6.92 Å². The fraction of sp³-hybridized carbons (Fsp3) is 0.355. The zero-order chi connectivity index (χ0) is 29.6. The number of hydrogen-bond donors (Lipinski definition) is 1. The van der Waals surface area contributed by atoms with Gasteiger partial charge in [0, 0.05) is 17.6 Å². The van der Waals surface area contributed by atoms with Gasteiger partial charge in [0.1, 0.15) is 18.4 Å². The Morgan fingerprint density at radius 2 is 1.66 bits per heavy atom. The smallest absolute Gasteiger partial charge is 0.264 e. The van der Waals surface area contributed by atoms with Crippen molar-refractivity contribution >= 4 is 39.1 Å². The van der Waals surface area contributed by atoms with Gasteiger partial charge in [-0.25, -0.2) is 12.8 Å². The molecule has 3 aromatic rings. The summed E-state index contributed by atoms with van der Waals surface area (Å²) in [5.41, 5.74) is 1.89. The lowest BCUT2D eigenvalue weighted by atomic mass is 9.95. The molecule has 10 heteroatoms. The van der Waals surface area contributed by atoms with Crippen molar-refractivity contribution in [1.82, 2.24) is 10.2 Å². The van der Waals surface area contributed by atoms with E-state index in [4.69, 9.17) is 11.6 Å². The second-order valence-electron chi connectivity index (χ2n) is 10.5. The number of benzene rings is 3. The summed E-state index contributed by atoms with van der Waals surface area (Å²) < 4.78 is 42.2. The van der Waals surface area contributed by atoms with Crippen LogP contribution in [0.2, 0.25) is 5.02 Å². The molecular formula is C31H35ClFN3O4S. The SMILES string of the molecule is Cc1ccc(N(CC(=O)N(Cc2cccc(Cl)c2)[C@H](C)C(=O)NC2CCCCC2)S(=O)(=O)c2ccc(F)cc2)cc1. The first-order chi connectivity index (χ1) is 19.5. The number of aryl methyl sites for hydroxylation is 1. The third kappa shape index (κ3) is 7.86. The van der Waals surface area contributed by atoms with E-state index < -0.39 is 34.3 Å². The lowest BCUT2D eigenvalue weighted by Gasteiger charge is -2.33. The zero-order valence-corrected chi connectivity index (χ0v) is 24.8. The second-order valence-corrected chi connectivity index (χ2v) is 12.8. The van der Waals surface area contributed by atoms with Gasteiger partial charge in [-0.1, -0.05) is 60.7 Å². The number of carbonyl (C=O) groups excluding carboxylic acids is 2. The Kier molecular flexibility index (Phi) is 10.0. The highest BCUT2D eigenvalue weighted by atomic mass is 35.5. The first-order valence-electron chi connectivity index (χ1n) is 13.7.